The maximum Gasteiger partial charge on any atom is 0.336 e. The molecule has 2 aromatic rings. The van der Waals surface area contributed by atoms with Crippen molar-refractivity contribution >= 4 is 22.9 Å². The molecule has 1 aliphatic carbocycles. The van der Waals surface area contributed by atoms with Crippen molar-refractivity contribution in [3.05, 3.63) is 23.0 Å². The summed E-state index contributed by atoms with van der Waals surface area (Å²) in [5.74, 6) is -0.834. The van der Waals surface area contributed by atoms with Crippen molar-refractivity contribution in [1.82, 2.24) is 20.1 Å². The number of carbonyl (C=O) groups excluding carboxylic acids is 1. The molecular weight excluding hydrogens is 296 g/mol. The highest BCUT2D eigenvalue weighted by Crippen LogP contribution is 2.40. The summed E-state index contributed by atoms with van der Waals surface area (Å²) in [4.78, 5) is 28.2. The molecule has 122 valence electrons. The second-order valence-electron chi connectivity index (χ2n) is 6.34. The number of aromatic nitrogens is 3. The summed E-state index contributed by atoms with van der Waals surface area (Å²) >= 11 is 0. The summed E-state index contributed by atoms with van der Waals surface area (Å²) in [6, 6.07) is 1.69. The molecule has 3 rings (SSSR count). The fourth-order valence-corrected chi connectivity index (χ4v) is 2.74. The number of rotatable bonds is 5. The second-order valence-corrected chi connectivity index (χ2v) is 6.34. The summed E-state index contributed by atoms with van der Waals surface area (Å²) in [5, 5.41) is 17.2. The predicted molar refractivity (Wildman–Crippen MR) is 84.5 cm³/mol. The summed E-state index contributed by atoms with van der Waals surface area (Å²) in [6.07, 6.45) is 2.05. The molecule has 1 fully saturated rings. The molecule has 1 saturated carbocycles. The molecular formula is C16H20N4O3. The number of hydrogen-bond donors (Lipinski definition) is 2. The van der Waals surface area contributed by atoms with Crippen LogP contribution in [0.1, 0.15) is 54.4 Å². The third kappa shape index (κ3) is 3.04. The predicted octanol–water partition coefficient (Wildman–Crippen LogP) is 1.84. The molecule has 0 saturated heterocycles. The summed E-state index contributed by atoms with van der Waals surface area (Å²) in [7, 11) is 0. The van der Waals surface area contributed by atoms with Crippen molar-refractivity contribution < 1.29 is 14.7 Å². The minimum atomic E-state index is -0.992. The van der Waals surface area contributed by atoms with Gasteiger partial charge in [-0.1, -0.05) is 0 Å². The average molecular weight is 316 g/mol. The smallest absolute Gasteiger partial charge is 0.336 e. The Morgan fingerprint density at radius 1 is 1.43 bits per heavy atom. The number of aryl methyl sites for hydroxylation is 1. The Morgan fingerprint density at radius 3 is 2.70 bits per heavy atom. The zero-order valence-corrected chi connectivity index (χ0v) is 13.5. The van der Waals surface area contributed by atoms with Crippen LogP contribution < -0.4 is 5.32 Å². The van der Waals surface area contributed by atoms with Crippen molar-refractivity contribution in [3.8, 4) is 0 Å². The van der Waals surface area contributed by atoms with E-state index in [2.05, 4.69) is 15.4 Å². The SMILES string of the molecule is Cc1nn(CC(=O)NC(C)C)c2nc(C3CC3)cc(C(=O)O)c12. The summed E-state index contributed by atoms with van der Waals surface area (Å²) in [6.45, 7) is 5.54. The maximum absolute atomic E-state index is 12.0. The Hall–Kier alpha value is -2.44. The van der Waals surface area contributed by atoms with Gasteiger partial charge in [-0.05, 0) is 39.7 Å². The number of fused-ring (bicyclic) bond motifs is 1. The van der Waals surface area contributed by atoms with E-state index >= 15 is 0 Å². The molecule has 0 aromatic carbocycles. The van der Waals surface area contributed by atoms with Crippen LogP contribution in [0.15, 0.2) is 6.07 Å². The Bertz CT molecular complexity index is 790. The minimum absolute atomic E-state index is 0.0305. The van der Waals surface area contributed by atoms with E-state index in [4.69, 9.17) is 0 Å². The number of nitrogens with one attached hydrogen (secondary N) is 1. The van der Waals surface area contributed by atoms with Crippen LogP contribution in [0.5, 0.6) is 0 Å². The number of pyridine rings is 1. The molecule has 0 spiro atoms. The molecule has 0 atom stereocenters. The molecule has 23 heavy (non-hydrogen) atoms. The van der Waals surface area contributed by atoms with E-state index in [1.807, 2.05) is 13.8 Å². The first-order chi connectivity index (χ1) is 10.9. The van der Waals surface area contributed by atoms with Gasteiger partial charge >= 0.3 is 5.97 Å². The van der Waals surface area contributed by atoms with E-state index in [-0.39, 0.29) is 24.1 Å². The van der Waals surface area contributed by atoms with E-state index in [0.717, 1.165) is 18.5 Å². The van der Waals surface area contributed by atoms with Gasteiger partial charge < -0.3 is 10.4 Å². The van der Waals surface area contributed by atoms with Crippen molar-refractivity contribution in [2.24, 2.45) is 0 Å². The van der Waals surface area contributed by atoms with E-state index in [0.29, 0.717) is 22.6 Å². The number of amides is 1. The number of nitrogens with zero attached hydrogens (tertiary/aromatic N) is 3. The lowest BCUT2D eigenvalue weighted by Gasteiger charge is -2.09. The van der Waals surface area contributed by atoms with Crippen LogP contribution in [0, 0.1) is 6.92 Å². The second kappa shape index (κ2) is 5.64. The molecule has 1 aliphatic rings. The van der Waals surface area contributed by atoms with Crippen LogP contribution in [0.4, 0.5) is 0 Å². The van der Waals surface area contributed by atoms with Gasteiger partial charge in [0.2, 0.25) is 5.91 Å². The Morgan fingerprint density at radius 2 is 2.13 bits per heavy atom. The lowest BCUT2D eigenvalue weighted by Crippen LogP contribution is -2.33. The number of carboxylic acids is 1. The zero-order valence-electron chi connectivity index (χ0n) is 13.5. The van der Waals surface area contributed by atoms with Crippen LogP contribution in [0.3, 0.4) is 0 Å². The third-order valence-corrected chi connectivity index (χ3v) is 3.87. The van der Waals surface area contributed by atoms with Gasteiger partial charge in [0.1, 0.15) is 6.54 Å². The number of aromatic carboxylic acids is 1. The third-order valence-electron chi connectivity index (χ3n) is 3.87. The lowest BCUT2D eigenvalue weighted by atomic mass is 10.1. The largest absolute Gasteiger partial charge is 0.478 e. The topological polar surface area (TPSA) is 97.1 Å². The van der Waals surface area contributed by atoms with Crippen molar-refractivity contribution in [3.63, 3.8) is 0 Å². The zero-order chi connectivity index (χ0) is 16.7. The fraction of sp³-hybridized carbons (Fsp3) is 0.500. The van der Waals surface area contributed by atoms with Gasteiger partial charge in [-0.15, -0.1) is 0 Å². The Kier molecular flexibility index (Phi) is 3.79. The van der Waals surface area contributed by atoms with E-state index < -0.39 is 5.97 Å². The molecule has 7 nitrogen and oxygen atoms in total. The molecule has 0 unspecified atom stereocenters. The fourth-order valence-electron chi connectivity index (χ4n) is 2.74. The van der Waals surface area contributed by atoms with Gasteiger partial charge in [0.25, 0.3) is 0 Å². The van der Waals surface area contributed by atoms with Crippen LogP contribution in [0.2, 0.25) is 0 Å². The standard InChI is InChI=1S/C16H20N4O3/c1-8(2)17-13(21)7-20-15-14(9(3)19-20)11(16(22)23)6-12(18-15)10-4-5-10/h6,8,10H,4-5,7H2,1-3H3,(H,17,21)(H,22,23). The Balaban J connectivity index is 2.08. The highest BCUT2D eigenvalue weighted by molar-refractivity contribution is 6.03. The van der Waals surface area contributed by atoms with Gasteiger partial charge in [0.15, 0.2) is 5.65 Å². The minimum Gasteiger partial charge on any atom is -0.478 e. The molecule has 2 heterocycles. The van der Waals surface area contributed by atoms with Gasteiger partial charge in [-0.25, -0.2) is 14.5 Å². The Labute approximate surface area is 133 Å². The van der Waals surface area contributed by atoms with Crippen LogP contribution in [-0.2, 0) is 11.3 Å². The number of hydrogen-bond acceptors (Lipinski definition) is 4. The summed E-state index contributed by atoms with van der Waals surface area (Å²) in [5.41, 5.74) is 2.04. The monoisotopic (exact) mass is 316 g/mol. The molecule has 1 amide bonds. The first kappa shape index (κ1) is 15.5. The van der Waals surface area contributed by atoms with Crippen molar-refractivity contribution in [1.29, 1.82) is 0 Å². The molecule has 0 radical (unpaired) electrons. The molecule has 2 aromatic heterocycles. The van der Waals surface area contributed by atoms with Gasteiger partial charge in [0.05, 0.1) is 16.6 Å². The highest BCUT2D eigenvalue weighted by atomic mass is 16.4. The first-order valence-corrected chi connectivity index (χ1v) is 7.77. The average Bonchev–Trinajstić information content (AvgIpc) is 3.24. The van der Waals surface area contributed by atoms with Gasteiger partial charge in [0, 0.05) is 17.7 Å². The van der Waals surface area contributed by atoms with Crippen molar-refractivity contribution in [2.75, 3.05) is 0 Å². The molecule has 2 N–H and O–H groups in total. The molecule has 0 bridgehead atoms. The molecule has 0 aliphatic heterocycles. The van der Waals surface area contributed by atoms with E-state index in [1.54, 1.807) is 13.0 Å². The van der Waals surface area contributed by atoms with Crippen LogP contribution >= 0.6 is 0 Å². The van der Waals surface area contributed by atoms with Gasteiger partial charge in [-0.3, -0.25) is 4.79 Å². The van der Waals surface area contributed by atoms with Gasteiger partial charge in [-0.2, -0.15) is 5.10 Å². The normalized spacial score (nSPS) is 14.4. The van der Waals surface area contributed by atoms with E-state index in [9.17, 15) is 14.7 Å². The van der Waals surface area contributed by atoms with Crippen molar-refractivity contribution in [2.45, 2.75) is 52.1 Å². The maximum atomic E-state index is 12.0. The van der Waals surface area contributed by atoms with Crippen LogP contribution in [0.25, 0.3) is 11.0 Å². The highest BCUT2D eigenvalue weighted by Gasteiger charge is 2.28. The molecule has 7 heteroatoms. The first-order valence-electron chi connectivity index (χ1n) is 7.77. The lowest BCUT2D eigenvalue weighted by molar-refractivity contribution is -0.122. The van der Waals surface area contributed by atoms with E-state index in [1.165, 1.54) is 4.68 Å². The quantitative estimate of drug-likeness (QED) is 0.877. The summed E-state index contributed by atoms with van der Waals surface area (Å²) < 4.78 is 1.50. The van der Waals surface area contributed by atoms with Crippen LogP contribution in [-0.4, -0.2) is 37.8 Å². The number of carbonyl (C=O) groups is 2. The number of carboxylic acid groups (broad SMARTS) is 1.